The summed E-state index contributed by atoms with van der Waals surface area (Å²) in [7, 11) is 0. The van der Waals surface area contributed by atoms with Gasteiger partial charge in [0, 0.05) is 5.92 Å². The number of carbonyl (C=O) groups is 2. The maximum atomic E-state index is 12.2. The first kappa shape index (κ1) is 17.0. The zero-order chi connectivity index (χ0) is 15.1. The minimum Gasteiger partial charge on any atom is -0.461 e. The molecule has 0 radical (unpaired) electrons. The van der Waals surface area contributed by atoms with E-state index in [0.717, 1.165) is 25.9 Å². The first-order chi connectivity index (χ1) is 9.40. The summed E-state index contributed by atoms with van der Waals surface area (Å²) < 4.78 is 5.24. The molecular weight excluding hydrogens is 256 g/mol. The van der Waals surface area contributed by atoms with Gasteiger partial charge in [-0.05, 0) is 52.1 Å². The number of hydrogen-bond donors (Lipinski definition) is 2. The van der Waals surface area contributed by atoms with E-state index in [9.17, 15) is 9.59 Å². The van der Waals surface area contributed by atoms with Crippen LogP contribution in [0.15, 0.2) is 0 Å². The summed E-state index contributed by atoms with van der Waals surface area (Å²) in [6, 6.07) is -0.528. The summed E-state index contributed by atoms with van der Waals surface area (Å²) in [4.78, 5) is 24.3. The van der Waals surface area contributed by atoms with E-state index in [0.29, 0.717) is 12.3 Å². The first-order valence-corrected chi connectivity index (χ1v) is 7.61. The fraction of sp³-hybridized carbons (Fsp3) is 0.867. The van der Waals surface area contributed by atoms with Crippen LogP contribution in [-0.4, -0.2) is 37.1 Å². The van der Waals surface area contributed by atoms with Gasteiger partial charge in [0.05, 0.1) is 6.10 Å². The van der Waals surface area contributed by atoms with Gasteiger partial charge in [0.15, 0.2) is 0 Å². The van der Waals surface area contributed by atoms with Crippen molar-refractivity contribution >= 4 is 11.9 Å². The monoisotopic (exact) mass is 284 g/mol. The van der Waals surface area contributed by atoms with Crippen LogP contribution >= 0.6 is 0 Å². The second-order valence-corrected chi connectivity index (χ2v) is 6.20. The molecule has 1 aliphatic rings. The van der Waals surface area contributed by atoms with Crippen LogP contribution in [0.25, 0.3) is 0 Å². The quantitative estimate of drug-likeness (QED) is 0.725. The molecule has 5 nitrogen and oxygen atoms in total. The van der Waals surface area contributed by atoms with Gasteiger partial charge in [-0.3, -0.25) is 4.79 Å². The predicted molar refractivity (Wildman–Crippen MR) is 78.2 cm³/mol. The smallest absolute Gasteiger partial charge is 0.328 e. The largest absolute Gasteiger partial charge is 0.461 e. The van der Waals surface area contributed by atoms with Crippen LogP contribution in [0, 0.1) is 11.8 Å². The Morgan fingerprint density at radius 1 is 1.20 bits per heavy atom. The minimum atomic E-state index is -0.528. The van der Waals surface area contributed by atoms with Crippen LogP contribution in [0.5, 0.6) is 0 Å². The predicted octanol–water partition coefficient (Wildman–Crippen LogP) is 1.47. The summed E-state index contributed by atoms with van der Waals surface area (Å²) in [5.41, 5.74) is 0. The van der Waals surface area contributed by atoms with Crippen molar-refractivity contribution in [2.75, 3.05) is 13.1 Å². The van der Waals surface area contributed by atoms with E-state index in [1.54, 1.807) is 0 Å². The van der Waals surface area contributed by atoms with Crippen molar-refractivity contribution in [2.24, 2.45) is 11.8 Å². The fourth-order valence-corrected chi connectivity index (χ4v) is 2.37. The molecule has 0 unspecified atom stereocenters. The van der Waals surface area contributed by atoms with Gasteiger partial charge in [0.2, 0.25) is 5.91 Å². The molecule has 0 bridgehead atoms. The van der Waals surface area contributed by atoms with Crippen molar-refractivity contribution in [1.82, 2.24) is 10.6 Å². The molecule has 0 aliphatic carbocycles. The highest BCUT2D eigenvalue weighted by Gasteiger charge is 2.28. The molecule has 1 atom stereocenters. The third-order valence-electron chi connectivity index (χ3n) is 3.37. The number of amides is 1. The maximum absolute atomic E-state index is 12.2. The van der Waals surface area contributed by atoms with Gasteiger partial charge in [-0.2, -0.15) is 0 Å². The van der Waals surface area contributed by atoms with Crippen molar-refractivity contribution in [3.63, 3.8) is 0 Å². The van der Waals surface area contributed by atoms with Crippen molar-refractivity contribution in [2.45, 2.75) is 59.1 Å². The van der Waals surface area contributed by atoms with E-state index >= 15 is 0 Å². The Hall–Kier alpha value is -1.10. The minimum absolute atomic E-state index is 0.0118. The topological polar surface area (TPSA) is 67.4 Å². The van der Waals surface area contributed by atoms with Crippen LogP contribution in [-0.2, 0) is 14.3 Å². The molecular formula is C15H28N2O3. The molecule has 1 heterocycles. The number of ether oxygens (including phenoxy) is 1. The van der Waals surface area contributed by atoms with Crippen LogP contribution in [0.4, 0.5) is 0 Å². The molecule has 2 N–H and O–H groups in total. The van der Waals surface area contributed by atoms with Crippen molar-refractivity contribution < 1.29 is 14.3 Å². The zero-order valence-corrected chi connectivity index (χ0v) is 13.1. The number of esters is 1. The molecule has 1 aliphatic heterocycles. The third kappa shape index (κ3) is 5.90. The summed E-state index contributed by atoms with van der Waals surface area (Å²) >= 11 is 0. The first-order valence-electron chi connectivity index (χ1n) is 7.61. The molecule has 0 saturated carbocycles. The maximum Gasteiger partial charge on any atom is 0.328 e. The Morgan fingerprint density at radius 2 is 1.80 bits per heavy atom. The molecule has 1 fully saturated rings. The van der Waals surface area contributed by atoms with Gasteiger partial charge >= 0.3 is 5.97 Å². The van der Waals surface area contributed by atoms with Gasteiger partial charge in [-0.1, -0.05) is 13.8 Å². The van der Waals surface area contributed by atoms with Crippen molar-refractivity contribution in [3.8, 4) is 0 Å². The van der Waals surface area contributed by atoms with Crippen LogP contribution in [0.2, 0.25) is 0 Å². The van der Waals surface area contributed by atoms with E-state index in [-0.39, 0.29) is 23.9 Å². The highest BCUT2D eigenvalue weighted by molar-refractivity contribution is 5.85. The summed E-state index contributed by atoms with van der Waals surface area (Å²) in [6.45, 7) is 9.43. The van der Waals surface area contributed by atoms with Gasteiger partial charge in [0.25, 0.3) is 0 Å². The van der Waals surface area contributed by atoms with E-state index < -0.39 is 6.04 Å². The second-order valence-electron chi connectivity index (χ2n) is 6.20. The lowest BCUT2D eigenvalue weighted by atomic mass is 9.96. The highest BCUT2D eigenvalue weighted by Crippen LogP contribution is 2.14. The lowest BCUT2D eigenvalue weighted by molar-refractivity contribution is -0.152. The average Bonchev–Trinajstić information content (AvgIpc) is 2.37. The molecule has 20 heavy (non-hydrogen) atoms. The van der Waals surface area contributed by atoms with Gasteiger partial charge in [0.1, 0.15) is 6.04 Å². The summed E-state index contributed by atoms with van der Waals surface area (Å²) in [5, 5.41) is 6.11. The Kier molecular flexibility index (Phi) is 6.99. The lowest BCUT2D eigenvalue weighted by Crippen LogP contribution is -2.47. The van der Waals surface area contributed by atoms with Gasteiger partial charge in [-0.15, -0.1) is 0 Å². The number of nitrogens with one attached hydrogen (secondary N) is 2. The molecule has 1 amide bonds. The molecule has 0 aromatic heterocycles. The molecule has 5 heteroatoms. The molecule has 0 spiro atoms. The molecule has 0 aromatic rings. The van der Waals surface area contributed by atoms with Crippen molar-refractivity contribution in [1.29, 1.82) is 0 Å². The Bertz CT molecular complexity index is 323. The van der Waals surface area contributed by atoms with E-state index in [1.807, 2.05) is 27.7 Å². The molecule has 116 valence electrons. The van der Waals surface area contributed by atoms with Gasteiger partial charge in [-0.25, -0.2) is 4.79 Å². The Balaban J connectivity index is 2.58. The second kappa shape index (κ2) is 8.25. The van der Waals surface area contributed by atoms with E-state index in [4.69, 9.17) is 4.74 Å². The molecule has 1 saturated heterocycles. The van der Waals surface area contributed by atoms with Crippen LogP contribution in [0.3, 0.4) is 0 Å². The molecule has 1 rings (SSSR count). The number of rotatable bonds is 6. The lowest BCUT2D eigenvalue weighted by Gasteiger charge is -2.26. The Morgan fingerprint density at radius 3 is 2.30 bits per heavy atom. The van der Waals surface area contributed by atoms with E-state index in [2.05, 4.69) is 10.6 Å². The zero-order valence-electron chi connectivity index (χ0n) is 13.1. The summed E-state index contributed by atoms with van der Waals surface area (Å²) in [5.74, 6) is -0.000336. The number of piperidine rings is 1. The summed E-state index contributed by atoms with van der Waals surface area (Å²) in [6.07, 6.45) is 2.12. The SMILES string of the molecule is CC(C)C[C@H](NC(=O)C1CCNCC1)C(=O)OC(C)C. The standard InChI is InChI=1S/C15H28N2O3/c1-10(2)9-13(15(19)20-11(3)4)17-14(18)12-5-7-16-8-6-12/h10-13,16H,5-9H2,1-4H3,(H,17,18)/t13-/m0/s1. The normalized spacial score (nSPS) is 18.1. The number of hydrogen-bond acceptors (Lipinski definition) is 4. The van der Waals surface area contributed by atoms with E-state index in [1.165, 1.54) is 0 Å². The Labute approximate surface area is 121 Å². The highest BCUT2D eigenvalue weighted by atomic mass is 16.5. The van der Waals surface area contributed by atoms with Crippen LogP contribution < -0.4 is 10.6 Å². The number of carbonyl (C=O) groups excluding carboxylic acids is 2. The van der Waals surface area contributed by atoms with Gasteiger partial charge < -0.3 is 15.4 Å². The van der Waals surface area contributed by atoms with Crippen LogP contribution in [0.1, 0.15) is 47.0 Å². The molecule has 0 aromatic carbocycles. The van der Waals surface area contributed by atoms with Crippen molar-refractivity contribution in [3.05, 3.63) is 0 Å². The average molecular weight is 284 g/mol. The fourth-order valence-electron chi connectivity index (χ4n) is 2.37. The third-order valence-corrected chi connectivity index (χ3v) is 3.37.